The summed E-state index contributed by atoms with van der Waals surface area (Å²) < 4.78 is 5.98. The van der Waals surface area contributed by atoms with Crippen LogP contribution in [-0.2, 0) is 19.7 Å². The highest BCUT2D eigenvalue weighted by molar-refractivity contribution is 6.30. The molecule has 0 amide bonds. The van der Waals surface area contributed by atoms with E-state index in [0.717, 1.165) is 23.4 Å². The molecule has 0 aliphatic heterocycles. The van der Waals surface area contributed by atoms with Crippen molar-refractivity contribution in [3.63, 3.8) is 0 Å². The van der Waals surface area contributed by atoms with Gasteiger partial charge in [-0.05, 0) is 41.5 Å². The van der Waals surface area contributed by atoms with Gasteiger partial charge in [-0.15, -0.1) is 0 Å². The van der Waals surface area contributed by atoms with Crippen molar-refractivity contribution in [1.29, 1.82) is 0 Å². The van der Waals surface area contributed by atoms with Gasteiger partial charge in [0.05, 0.1) is 0 Å². The third-order valence-corrected chi connectivity index (χ3v) is 4.26. The molecule has 128 valence electrons. The Bertz CT molecular complexity index is 821. The minimum absolute atomic E-state index is 0.466. The summed E-state index contributed by atoms with van der Waals surface area (Å²) in [4.78, 5) is 0. The minimum Gasteiger partial charge on any atom is -0.489 e. The van der Waals surface area contributed by atoms with E-state index in [4.69, 9.17) is 27.9 Å². The quantitative estimate of drug-likeness (QED) is 0.561. The Balaban J connectivity index is 1.63. The van der Waals surface area contributed by atoms with E-state index < -0.39 is 0 Å². The number of hydrogen-bond donors (Lipinski definition) is 1. The molecule has 0 bridgehead atoms. The van der Waals surface area contributed by atoms with Crippen molar-refractivity contribution in [1.82, 2.24) is 5.32 Å². The largest absolute Gasteiger partial charge is 0.489 e. The summed E-state index contributed by atoms with van der Waals surface area (Å²) in [5.41, 5.74) is 3.31. The molecule has 0 aliphatic carbocycles. The van der Waals surface area contributed by atoms with Crippen LogP contribution in [0.25, 0.3) is 0 Å². The predicted molar refractivity (Wildman–Crippen MR) is 104 cm³/mol. The van der Waals surface area contributed by atoms with Crippen molar-refractivity contribution in [2.75, 3.05) is 0 Å². The molecule has 2 nitrogen and oxygen atoms in total. The zero-order valence-electron chi connectivity index (χ0n) is 13.7. The molecular weight excluding hydrogens is 353 g/mol. The summed E-state index contributed by atoms with van der Waals surface area (Å²) in [7, 11) is 0. The monoisotopic (exact) mass is 371 g/mol. The van der Waals surface area contributed by atoms with Crippen molar-refractivity contribution in [2.24, 2.45) is 0 Å². The number of ether oxygens (including phenoxy) is 1. The second-order valence-corrected chi connectivity index (χ2v) is 6.63. The maximum Gasteiger partial charge on any atom is 0.124 e. The van der Waals surface area contributed by atoms with E-state index in [1.165, 1.54) is 5.56 Å². The highest BCUT2D eigenvalue weighted by atomic mass is 35.5. The van der Waals surface area contributed by atoms with Crippen LogP contribution >= 0.6 is 23.2 Å². The Kier molecular flexibility index (Phi) is 6.35. The Labute approximate surface area is 158 Å². The first-order valence-corrected chi connectivity index (χ1v) is 8.86. The summed E-state index contributed by atoms with van der Waals surface area (Å²) in [6.07, 6.45) is 0. The first-order valence-electron chi connectivity index (χ1n) is 8.11. The summed E-state index contributed by atoms with van der Waals surface area (Å²) >= 11 is 12.2. The number of rotatable bonds is 7. The Morgan fingerprint density at radius 3 is 2.28 bits per heavy atom. The van der Waals surface area contributed by atoms with Crippen LogP contribution in [0.4, 0.5) is 0 Å². The molecule has 0 radical (unpaired) electrons. The van der Waals surface area contributed by atoms with Crippen LogP contribution in [0.1, 0.15) is 16.7 Å². The average molecular weight is 372 g/mol. The molecule has 0 unspecified atom stereocenters. The van der Waals surface area contributed by atoms with Gasteiger partial charge in [0.25, 0.3) is 0 Å². The van der Waals surface area contributed by atoms with E-state index in [9.17, 15) is 0 Å². The van der Waals surface area contributed by atoms with Gasteiger partial charge in [-0.25, -0.2) is 0 Å². The molecule has 0 heterocycles. The van der Waals surface area contributed by atoms with Crippen LogP contribution in [0.5, 0.6) is 5.75 Å². The molecule has 3 aromatic rings. The van der Waals surface area contributed by atoms with Crippen molar-refractivity contribution in [3.05, 3.63) is 99.5 Å². The van der Waals surface area contributed by atoms with Crippen LogP contribution in [0, 0.1) is 0 Å². The topological polar surface area (TPSA) is 21.3 Å². The fourth-order valence-electron chi connectivity index (χ4n) is 2.55. The van der Waals surface area contributed by atoms with Crippen molar-refractivity contribution >= 4 is 23.2 Å². The van der Waals surface area contributed by atoms with Gasteiger partial charge >= 0.3 is 0 Å². The van der Waals surface area contributed by atoms with Gasteiger partial charge in [0.2, 0.25) is 0 Å². The fourth-order valence-corrected chi connectivity index (χ4v) is 2.96. The van der Waals surface area contributed by atoms with E-state index in [2.05, 4.69) is 17.4 Å². The lowest BCUT2D eigenvalue weighted by Gasteiger charge is -2.13. The van der Waals surface area contributed by atoms with Crippen LogP contribution in [0.15, 0.2) is 72.8 Å². The molecule has 0 saturated carbocycles. The van der Waals surface area contributed by atoms with Gasteiger partial charge in [-0.2, -0.15) is 0 Å². The van der Waals surface area contributed by atoms with E-state index in [1.54, 1.807) is 0 Å². The van der Waals surface area contributed by atoms with Crippen LogP contribution in [-0.4, -0.2) is 0 Å². The van der Waals surface area contributed by atoms with Gasteiger partial charge in [-0.1, -0.05) is 65.7 Å². The van der Waals surface area contributed by atoms with Gasteiger partial charge in [0, 0.05) is 28.7 Å². The second kappa shape index (κ2) is 8.91. The fraction of sp³-hybridized carbons (Fsp3) is 0.143. The van der Waals surface area contributed by atoms with E-state index in [-0.39, 0.29) is 0 Å². The lowest BCUT2D eigenvalue weighted by Crippen LogP contribution is -2.13. The van der Waals surface area contributed by atoms with Crippen LogP contribution < -0.4 is 10.1 Å². The Morgan fingerprint density at radius 2 is 1.48 bits per heavy atom. The Morgan fingerprint density at radius 1 is 0.720 bits per heavy atom. The van der Waals surface area contributed by atoms with Gasteiger partial charge in [0.15, 0.2) is 0 Å². The van der Waals surface area contributed by atoms with E-state index in [1.807, 2.05) is 60.7 Å². The highest BCUT2D eigenvalue weighted by Gasteiger charge is 2.06. The van der Waals surface area contributed by atoms with Crippen molar-refractivity contribution < 1.29 is 4.74 Å². The highest BCUT2D eigenvalue weighted by Crippen LogP contribution is 2.24. The maximum absolute atomic E-state index is 6.15. The lowest BCUT2D eigenvalue weighted by molar-refractivity contribution is 0.302. The third kappa shape index (κ3) is 5.50. The third-order valence-electron chi connectivity index (χ3n) is 3.79. The molecular formula is C21H19Cl2NO. The number of benzene rings is 3. The van der Waals surface area contributed by atoms with Crippen LogP contribution in [0.2, 0.25) is 10.0 Å². The molecule has 25 heavy (non-hydrogen) atoms. The summed E-state index contributed by atoms with van der Waals surface area (Å²) in [5.74, 6) is 0.824. The number of hydrogen-bond acceptors (Lipinski definition) is 2. The molecule has 3 rings (SSSR count). The molecule has 0 aliphatic rings. The minimum atomic E-state index is 0.466. The van der Waals surface area contributed by atoms with Gasteiger partial charge in [0.1, 0.15) is 12.4 Å². The first kappa shape index (κ1) is 17.8. The maximum atomic E-state index is 6.15. The standard InChI is InChI=1S/C21H19Cl2NO/c22-19-8-4-7-17(11-19)15-25-21-10-9-20(23)12-18(21)14-24-13-16-5-2-1-3-6-16/h1-12,24H,13-15H2. The Hall–Kier alpha value is -2.00. The smallest absolute Gasteiger partial charge is 0.124 e. The number of halogens is 2. The molecule has 1 N–H and O–H groups in total. The molecule has 0 atom stereocenters. The van der Waals surface area contributed by atoms with Gasteiger partial charge < -0.3 is 10.1 Å². The number of nitrogens with one attached hydrogen (secondary N) is 1. The zero-order valence-corrected chi connectivity index (χ0v) is 15.2. The predicted octanol–water partition coefficient (Wildman–Crippen LogP) is 5.86. The molecule has 4 heteroatoms. The molecule has 0 spiro atoms. The average Bonchev–Trinajstić information content (AvgIpc) is 2.62. The molecule has 0 fully saturated rings. The summed E-state index contributed by atoms with van der Waals surface area (Å²) in [6, 6.07) is 23.7. The summed E-state index contributed by atoms with van der Waals surface area (Å²) in [6.45, 7) is 1.94. The summed E-state index contributed by atoms with van der Waals surface area (Å²) in [5, 5.41) is 4.84. The molecule has 0 aromatic heterocycles. The SMILES string of the molecule is Clc1cccc(COc2ccc(Cl)cc2CNCc2ccccc2)c1. The van der Waals surface area contributed by atoms with Crippen molar-refractivity contribution in [2.45, 2.75) is 19.7 Å². The van der Waals surface area contributed by atoms with Crippen molar-refractivity contribution in [3.8, 4) is 5.75 Å². The normalized spacial score (nSPS) is 10.6. The second-order valence-electron chi connectivity index (χ2n) is 5.76. The zero-order chi connectivity index (χ0) is 17.5. The molecule has 0 saturated heterocycles. The molecule has 3 aromatic carbocycles. The van der Waals surface area contributed by atoms with E-state index in [0.29, 0.717) is 23.2 Å². The van der Waals surface area contributed by atoms with Crippen LogP contribution in [0.3, 0.4) is 0 Å². The van der Waals surface area contributed by atoms with Gasteiger partial charge in [-0.3, -0.25) is 0 Å². The lowest BCUT2D eigenvalue weighted by atomic mass is 10.1. The van der Waals surface area contributed by atoms with E-state index >= 15 is 0 Å². The first-order chi connectivity index (χ1) is 12.2.